The van der Waals surface area contributed by atoms with Crippen LogP contribution in [0.1, 0.15) is 48.2 Å². The van der Waals surface area contributed by atoms with Crippen LogP contribution in [0.3, 0.4) is 0 Å². The minimum Gasteiger partial charge on any atom is -0.379 e. The van der Waals surface area contributed by atoms with Crippen LogP contribution in [0, 0.1) is 12.8 Å². The van der Waals surface area contributed by atoms with Gasteiger partial charge in [0.25, 0.3) is 5.91 Å². The van der Waals surface area contributed by atoms with Crippen molar-refractivity contribution in [2.24, 2.45) is 5.92 Å². The molecule has 7 heteroatoms. The van der Waals surface area contributed by atoms with Crippen LogP contribution in [0.4, 0.5) is 0 Å². The first-order valence-electron chi connectivity index (χ1n) is 11.4. The lowest BCUT2D eigenvalue weighted by Crippen LogP contribution is -2.53. The van der Waals surface area contributed by atoms with E-state index in [0.717, 1.165) is 83.6 Å². The Morgan fingerprint density at radius 3 is 2.73 bits per heavy atom. The van der Waals surface area contributed by atoms with Gasteiger partial charge in [-0.2, -0.15) is 0 Å². The molecular weight excluding hydrogens is 380 g/mol. The number of aryl methyl sites for hydroxylation is 1. The van der Waals surface area contributed by atoms with Crippen molar-refractivity contribution in [3.05, 3.63) is 29.6 Å². The van der Waals surface area contributed by atoms with E-state index in [-0.39, 0.29) is 17.9 Å². The fourth-order valence-corrected chi connectivity index (χ4v) is 4.58. The number of hydrogen-bond donors (Lipinski definition) is 0. The average Bonchev–Trinajstić information content (AvgIpc) is 3.63. The fraction of sp³-hybridized carbons (Fsp3) is 0.696. The van der Waals surface area contributed by atoms with E-state index in [9.17, 15) is 9.59 Å². The summed E-state index contributed by atoms with van der Waals surface area (Å²) in [5.41, 5.74) is 1.44. The van der Waals surface area contributed by atoms with Crippen molar-refractivity contribution < 1.29 is 14.3 Å². The zero-order valence-corrected chi connectivity index (χ0v) is 18.1. The van der Waals surface area contributed by atoms with Crippen molar-refractivity contribution in [3.8, 4) is 0 Å². The number of nitrogens with zero attached hydrogens (tertiary/aromatic N) is 4. The molecule has 164 valence electrons. The normalized spacial score (nSPS) is 22.7. The molecular formula is C23H34N4O3. The molecule has 1 atom stereocenters. The standard InChI is InChI=1S/C23H34N4O3/c1-18-5-2-9-24-21(18)23(29)26-11-3-6-20(17-26)27(22(28)19-7-8-19)12-4-10-25-13-15-30-16-14-25/h2,5,9,19-20H,3-4,6-8,10-17H2,1H3. The second-order valence-corrected chi connectivity index (χ2v) is 8.83. The Kier molecular flexibility index (Phi) is 7.00. The minimum absolute atomic E-state index is 0.00932. The highest BCUT2D eigenvalue weighted by molar-refractivity contribution is 5.93. The van der Waals surface area contributed by atoms with Crippen LogP contribution in [0.2, 0.25) is 0 Å². The number of amides is 2. The van der Waals surface area contributed by atoms with Crippen molar-refractivity contribution in [1.82, 2.24) is 19.7 Å². The molecule has 3 heterocycles. The molecule has 0 N–H and O–H groups in total. The predicted octanol–water partition coefficient (Wildman–Crippen LogP) is 1.96. The molecule has 3 fully saturated rings. The lowest BCUT2D eigenvalue weighted by molar-refractivity contribution is -0.136. The molecule has 3 aliphatic rings. The van der Waals surface area contributed by atoms with Gasteiger partial charge in [-0.15, -0.1) is 0 Å². The van der Waals surface area contributed by atoms with E-state index in [4.69, 9.17) is 4.74 Å². The number of aromatic nitrogens is 1. The summed E-state index contributed by atoms with van der Waals surface area (Å²) in [6.07, 6.45) is 6.59. The Labute approximate surface area is 179 Å². The maximum absolute atomic E-state index is 13.1. The van der Waals surface area contributed by atoms with Crippen molar-refractivity contribution in [1.29, 1.82) is 0 Å². The van der Waals surface area contributed by atoms with E-state index in [0.29, 0.717) is 18.1 Å². The molecule has 1 saturated carbocycles. The topological polar surface area (TPSA) is 66.0 Å². The molecule has 1 aliphatic carbocycles. The van der Waals surface area contributed by atoms with Gasteiger partial charge in [-0.3, -0.25) is 19.5 Å². The van der Waals surface area contributed by atoms with Crippen LogP contribution in [0.5, 0.6) is 0 Å². The first-order chi connectivity index (χ1) is 14.6. The van der Waals surface area contributed by atoms with Crippen LogP contribution >= 0.6 is 0 Å². The minimum atomic E-state index is -0.00932. The SMILES string of the molecule is Cc1cccnc1C(=O)N1CCCC(N(CCCN2CCOCC2)C(=O)C2CC2)C1. The van der Waals surface area contributed by atoms with Crippen molar-refractivity contribution in [3.63, 3.8) is 0 Å². The number of pyridine rings is 1. The molecule has 0 bridgehead atoms. The maximum Gasteiger partial charge on any atom is 0.272 e. The summed E-state index contributed by atoms with van der Waals surface area (Å²) < 4.78 is 5.43. The molecule has 1 aromatic rings. The molecule has 2 saturated heterocycles. The third kappa shape index (κ3) is 5.19. The van der Waals surface area contributed by atoms with E-state index < -0.39 is 0 Å². The van der Waals surface area contributed by atoms with Gasteiger partial charge in [0, 0.05) is 57.4 Å². The number of morpholine rings is 1. The lowest BCUT2D eigenvalue weighted by atomic mass is 10.0. The van der Waals surface area contributed by atoms with Crippen LogP contribution < -0.4 is 0 Å². The zero-order valence-electron chi connectivity index (χ0n) is 18.1. The van der Waals surface area contributed by atoms with Gasteiger partial charge < -0.3 is 14.5 Å². The summed E-state index contributed by atoms with van der Waals surface area (Å²) in [6.45, 7) is 8.63. The number of carbonyl (C=O) groups excluding carboxylic acids is 2. The third-order valence-electron chi connectivity index (χ3n) is 6.52. The van der Waals surface area contributed by atoms with Gasteiger partial charge in [0.15, 0.2) is 0 Å². The molecule has 7 nitrogen and oxygen atoms in total. The van der Waals surface area contributed by atoms with E-state index >= 15 is 0 Å². The molecule has 30 heavy (non-hydrogen) atoms. The molecule has 0 spiro atoms. The van der Waals surface area contributed by atoms with Gasteiger partial charge in [0.05, 0.1) is 13.2 Å². The van der Waals surface area contributed by atoms with E-state index in [2.05, 4.69) is 14.8 Å². The Bertz CT molecular complexity index is 746. The molecule has 0 aromatic carbocycles. The van der Waals surface area contributed by atoms with E-state index in [1.54, 1.807) is 6.20 Å². The third-order valence-corrected chi connectivity index (χ3v) is 6.52. The first kappa shape index (κ1) is 21.2. The number of ether oxygens (including phenoxy) is 1. The number of piperidine rings is 1. The Hall–Kier alpha value is -1.99. The van der Waals surface area contributed by atoms with E-state index in [1.807, 2.05) is 24.0 Å². The van der Waals surface area contributed by atoms with Crippen LogP contribution in [0.15, 0.2) is 18.3 Å². The summed E-state index contributed by atoms with van der Waals surface area (Å²) in [5.74, 6) is 0.493. The monoisotopic (exact) mass is 414 g/mol. The number of rotatable bonds is 7. The second kappa shape index (κ2) is 9.88. The maximum atomic E-state index is 13.1. The quantitative estimate of drug-likeness (QED) is 0.682. The largest absolute Gasteiger partial charge is 0.379 e. The fourth-order valence-electron chi connectivity index (χ4n) is 4.58. The molecule has 1 aromatic heterocycles. The van der Waals surface area contributed by atoms with Crippen molar-refractivity contribution in [2.75, 3.05) is 52.5 Å². The molecule has 4 rings (SSSR count). The molecule has 2 aliphatic heterocycles. The predicted molar refractivity (Wildman–Crippen MR) is 114 cm³/mol. The smallest absolute Gasteiger partial charge is 0.272 e. The number of hydrogen-bond acceptors (Lipinski definition) is 5. The van der Waals surface area contributed by atoms with Gasteiger partial charge in [-0.1, -0.05) is 6.07 Å². The Morgan fingerprint density at radius 2 is 2.00 bits per heavy atom. The molecule has 1 unspecified atom stereocenters. The summed E-state index contributed by atoms with van der Waals surface area (Å²) in [7, 11) is 0. The van der Waals surface area contributed by atoms with Gasteiger partial charge in [0.1, 0.15) is 5.69 Å². The zero-order chi connectivity index (χ0) is 20.9. The second-order valence-electron chi connectivity index (χ2n) is 8.83. The highest BCUT2D eigenvalue weighted by Gasteiger charge is 2.38. The summed E-state index contributed by atoms with van der Waals surface area (Å²) >= 11 is 0. The summed E-state index contributed by atoms with van der Waals surface area (Å²) in [4.78, 5) is 36.9. The van der Waals surface area contributed by atoms with Gasteiger partial charge in [-0.05, 0) is 50.7 Å². The first-order valence-corrected chi connectivity index (χ1v) is 11.4. The van der Waals surface area contributed by atoms with Crippen molar-refractivity contribution in [2.45, 2.75) is 45.1 Å². The molecule has 0 radical (unpaired) electrons. The Balaban J connectivity index is 1.39. The van der Waals surface area contributed by atoms with E-state index in [1.165, 1.54) is 0 Å². The van der Waals surface area contributed by atoms with Crippen molar-refractivity contribution >= 4 is 11.8 Å². The molecule has 2 amide bonds. The summed E-state index contributed by atoms with van der Waals surface area (Å²) in [6, 6.07) is 3.90. The van der Waals surface area contributed by atoms with Crippen LogP contribution in [0.25, 0.3) is 0 Å². The van der Waals surface area contributed by atoms with Crippen LogP contribution in [-0.4, -0.2) is 90.0 Å². The van der Waals surface area contributed by atoms with Gasteiger partial charge in [0.2, 0.25) is 5.91 Å². The van der Waals surface area contributed by atoms with Crippen LogP contribution in [-0.2, 0) is 9.53 Å². The highest BCUT2D eigenvalue weighted by atomic mass is 16.5. The van der Waals surface area contributed by atoms with Gasteiger partial charge >= 0.3 is 0 Å². The average molecular weight is 415 g/mol. The summed E-state index contributed by atoms with van der Waals surface area (Å²) in [5, 5.41) is 0. The number of likely N-dealkylation sites (tertiary alicyclic amines) is 1. The Morgan fingerprint density at radius 1 is 1.20 bits per heavy atom. The highest BCUT2D eigenvalue weighted by Crippen LogP contribution is 2.33. The van der Waals surface area contributed by atoms with Gasteiger partial charge in [-0.25, -0.2) is 0 Å². The lowest BCUT2D eigenvalue weighted by Gasteiger charge is -2.40. The number of carbonyl (C=O) groups is 2.